The zero-order valence-corrected chi connectivity index (χ0v) is 9.26. The number of hydrogen-bond donors (Lipinski definition) is 4. The molecule has 0 aromatic carbocycles. The van der Waals surface area contributed by atoms with Crippen LogP contribution in [0.4, 0.5) is 0 Å². The molecule has 0 aliphatic carbocycles. The summed E-state index contributed by atoms with van der Waals surface area (Å²) in [5.74, 6) is -1.12. The molecule has 0 saturated heterocycles. The first-order valence-electron chi connectivity index (χ1n) is 5.23. The number of aromatic hydroxyl groups is 1. The molecule has 0 bridgehead atoms. The molecule has 0 unspecified atom stereocenters. The summed E-state index contributed by atoms with van der Waals surface area (Å²) in [6.45, 7) is 0.535. The van der Waals surface area contributed by atoms with Gasteiger partial charge in [0.1, 0.15) is 12.2 Å². The van der Waals surface area contributed by atoms with Crippen molar-refractivity contribution < 1.29 is 14.7 Å². The highest BCUT2D eigenvalue weighted by Gasteiger charge is 2.17. The third-order valence-electron chi connectivity index (χ3n) is 2.14. The summed E-state index contributed by atoms with van der Waals surface area (Å²) in [7, 11) is 0. The van der Waals surface area contributed by atoms with E-state index in [0.29, 0.717) is 24.1 Å². The Labute approximate surface area is 97.1 Å². The van der Waals surface area contributed by atoms with Gasteiger partial charge in [-0.05, 0) is 19.4 Å². The molecule has 6 N–H and O–H groups in total. The van der Waals surface area contributed by atoms with E-state index in [0.717, 1.165) is 12.6 Å². The summed E-state index contributed by atoms with van der Waals surface area (Å²) >= 11 is 0. The van der Waals surface area contributed by atoms with Crippen molar-refractivity contribution >= 4 is 5.97 Å². The van der Waals surface area contributed by atoms with Crippen LogP contribution in [0.5, 0.6) is 5.88 Å². The number of hydrogen-bond acceptors (Lipinski definition) is 6. The lowest BCUT2D eigenvalue weighted by Gasteiger charge is -2.09. The van der Waals surface area contributed by atoms with Crippen LogP contribution < -0.4 is 22.0 Å². The molecule has 8 nitrogen and oxygen atoms in total. The number of nitrogens with one attached hydrogen (secondary N) is 1. The number of H-pyrrole nitrogens is 1. The van der Waals surface area contributed by atoms with E-state index in [1.807, 2.05) is 4.98 Å². The van der Waals surface area contributed by atoms with Gasteiger partial charge in [0.2, 0.25) is 5.88 Å². The van der Waals surface area contributed by atoms with Crippen molar-refractivity contribution in [2.75, 3.05) is 6.54 Å². The van der Waals surface area contributed by atoms with Gasteiger partial charge in [0, 0.05) is 0 Å². The van der Waals surface area contributed by atoms with Crippen LogP contribution in [0.25, 0.3) is 0 Å². The zero-order valence-electron chi connectivity index (χ0n) is 9.26. The minimum Gasteiger partial charge on any atom is -0.493 e. The number of rotatable bonds is 6. The molecule has 96 valence electrons. The molecule has 17 heavy (non-hydrogen) atoms. The maximum absolute atomic E-state index is 11.4. The molecule has 0 aliphatic rings. The summed E-state index contributed by atoms with van der Waals surface area (Å²) < 4.78 is 0.598. The van der Waals surface area contributed by atoms with Crippen LogP contribution in [0.3, 0.4) is 0 Å². The Kier molecular flexibility index (Phi) is 4.73. The van der Waals surface area contributed by atoms with Crippen LogP contribution in [-0.4, -0.2) is 33.4 Å². The van der Waals surface area contributed by atoms with E-state index >= 15 is 0 Å². The van der Waals surface area contributed by atoms with Gasteiger partial charge in [0.25, 0.3) is 0 Å². The summed E-state index contributed by atoms with van der Waals surface area (Å²) in [5.41, 5.74) is 10.1. The zero-order chi connectivity index (χ0) is 12.8. The van der Waals surface area contributed by atoms with Gasteiger partial charge in [-0.25, -0.2) is 9.59 Å². The van der Waals surface area contributed by atoms with E-state index in [1.165, 1.54) is 0 Å². The second kappa shape index (κ2) is 6.06. The van der Waals surface area contributed by atoms with Crippen LogP contribution >= 0.6 is 0 Å². The third-order valence-corrected chi connectivity index (χ3v) is 2.14. The van der Waals surface area contributed by atoms with Crippen LogP contribution in [0.2, 0.25) is 0 Å². The lowest BCUT2D eigenvalue weighted by atomic mass is 10.1. The Morgan fingerprint density at radius 1 is 1.59 bits per heavy atom. The van der Waals surface area contributed by atoms with Gasteiger partial charge in [0.15, 0.2) is 0 Å². The van der Waals surface area contributed by atoms with Gasteiger partial charge in [-0.2, -0.15) is 0 Å². The van der Waals surface area contributed by atoms with Gasteiger partial charge in [0.05, 0.1) is 0 Å². The number of nitrogens with two attached hydrogens (primary N) is 2. The van der Waals surface area contributed by atoms with E-state index in [1.54, 1.807) is 0 Å². The molecule has 0 amide bonds. The van der Waals surface area contributed by atoms with Crippen LogP contribution in [0, 0.1) is 0 Å². The first-order valence-corrected chi connectivity index (χ1v) is 5.23. The summed E-state index contributed by atoms with van der Waals surface area (Å²) in [5, 5.41) is 8.95. The molecule has 1 atom stereocenters. The Morgan fingerprint density at radius 2 is 2.29 bits per heavy atom. The molecular weight excluding hydrogens is 228 g/mol. The Hall–Kier alpha value is -1.80. The van der Waals surface area contributed by atoms with Crippen molar-refractivity contribution in [1.82, 2.24) is 9.71 Å². The predicted octanol–water partition coefficient (Wildman–Crippen LogP) is -1.71. The molecule has 0 radical (unpaired) electrons. The van der Waals surface area contributed by atoms with Crippen molar-refractivity contribution in [2.24, 2.45) is 11.5 Å². The highest BCUT2D eigenvalue weighted by atomic mass is 16.7. The Bertz CT molecular complexity index is 425. The SMILES string of the molecule is NCCCC[C@H](N)C(=O)On1cc(O)[nH]c1=O. The lowest BCUT2D eigenvalue weighted by Crippen LogP contribution is -2.40. The topological polar surface area (TPSA) is 136 Å². The average Bonchev–Trinajstić information content (AvgIpc) is 2.57. The number of nitrogens with zero attached hydrogens (tertiary/aromatic N) is 1. The van der Waals surface area contributed by atoms with Crippen molar-refractivity contribution in [1.29, 1.82) is 0 Å². The fourth-order valence-electron chi connectivity index (χ4n) is 1.23. The van der Waals surface area contributed by atoms with Gasteiger partial charge in [-0.15, -0.1) is 4.73 Å². The van der Waals surface area contributed by atoms with Crippen LogP contribution in [0.1, 0.15) is 19.3 Å². The second-order valence-electron chi connectivity index (χ2n) is 3.57. The number of unbranched alkanes of at least 4 members (excludes halogenated alkanes) is 1. The number of aromatic amines is 1. The first kappa shape index (κ1) is 13.3. The molecule has 8 heteroatoms. The summed E-state index contributed by atoms with van der Waals surface area (Å²) in [6.07, 6.45) is 2.86. The van der Waals surface area contributed by atoms with Crippen molar-refractivity contribution in [2.45, 2.75) is 25.3 Å². The van der Waals surface area contributed by atoms with Crippen molar-refractivity contribution in [3.05, 3.63) is 16.7 Å². The predicted molar refractivity (Wildman–Crippen MR) is 59.2 cm³/mol. The van der Waals surface area contributed by atoms with E-state index in [-0.39, 0.29) is 5.88 Å². The van der Waals surface area contributed by atoms with Crippen LogP contribution in [0.15, 0.2) is 11.0 Å². The van der Waals surface area contributed by atoms with Gasteiger partial charge < -0.3 is 21.4 Å². The van der Waals surface area contributed by atoms with Crippen molar-refractivity contribution in [3.63, 3.8) is 0 Å². The minimum absolute atomic E-state index is 0.389. The van der Waals surface area contributed by atoms with E-state index in [2.05, 4.69) is 4.84 Å². The van der Waals surface area contributed by atoms with Gasteiger partial charge in [-0.3, -0.25) is 4.98 Å². The fraction of sp³-hybridized carbons (Fsp3) is 0.556. The molecule has 0 aliphatic heterocycles. The van der Waals surface area contributed by atoms with Crippen LogP contribution in [-0.2, 0) is 4.79 Å². The highest BCUT2D eigenvalue weighted by molar-refractivity contribution is 5.75. The summed E-state index contributed by atoms with van der Waals surface area (Å²) in [6, 6.07) is -0.814. The number of carbonyl (C=O) groups excluding carboxylic acids is 1. The molecule has 1 rings (SSSR count). The Morgan fingerprint density at radius 3 is 2.82 bits per heavy atom. The molecule has 1 heterocycles. The smallest absolute Gasteiger partial charge is 0.361 e. The number of carbonyl (C=O) groups is 1. The molecule has 0 spiro atoms. The molecular formula is C9H16N4O4. The molecule has 1 aromatic rings. The molecule has 1 aromatic heterocycles. The van der Waals surface area contributed by atoms with E-state index in [9.17, 15) is 9.59 Å². The molecule has 0 fully saturated rings. The average molecular weight is 244 g/mol. The second-order valence-corrected chi connectivity index (χ2v) is 3.57. The number of aromatic nitrogens is 2. The van der Waals surface area contributed by atoms with E-state index < -0.39 is 17.7 Å². The fourth-order valence-corrected chi connectivity index (χ4v) is 1.23. The summed E-state index contributed by atoms with van der Waals surface area (Å²) in [4.78, 5) is 29.2. The third kappa shape index (κ3) is 3.93. The Balaban J connectivity index is 2.48. The largest absolute Gasteiger partial charge is 0.493 e. The van der Waals surface area contributed by atoms with E-state index in [4.69, 9.17) is 16.6 Å². The maximum Gasteiger partial charge on any atom is 0.361 e. The monoisotopic (exact) mass is 244 g/mol. The first-order chi connectivity index (χ1) is 8.04. The lowest BCUT2D eigenvalue weighted by molar-refractivity contribution is -0.146. The minimum atomic E-state index is -0.814. The quantitative estimate of drug-likeness (QED) is 0.440. The van der Waals surface area contributed by atoms with Gasteiger partial charge in [-0.1, -0.05) is 6.42 Å². The standard InChI is InChI=1S/C9H16N4O4/c10-4-2-1-3-6(11)8(15)17-13-5-7(14)12-9(13)16/h5-6,14H,1-4,10-11H2,(H,12,16)/t6-/m0/s1. The highest BCUT2D eigenvalue weighted by Crippen LogP contribution is 2.00. The van der Waals surface area contributed by atoms with Crippen molar-refractivity contribution in [3.8, 4) is 5.88 Å². The molecule has 0 saturated carbocycles. The normalized spacial score (nSPS) is 12.4. The number of imidazole rings is 1. The maximum atomic E-state index is 11.4. The van der Waals surface area contributed by atoms with Gasteiger partial charge >= 0.3 is 11.7 Å².